The number of nitrogens with one attached hydrogen (secondary N) is 1. The molecule has 12 heteroatoms. The van der Waals surface area contributed by atoms with Gasteiger partial charge in [-0.25, -0.2) is 15.0 Å². The molecule has 146 valence electrons. The summed E-state index contributed by atoms with van der Waals surface area (Å²) in [6.07, 6.45) is -3.36. The zero-order valence-corrected chi connectivity index (χ0v) is 15.5. The number of hydrogen-bond acceptors (Lipinski definition) is 6. The highest BCUT2D eigenvalue weighted by molar-refractivity contribution is 6.30. The molecule has 0 saturated carbocycles. The molecule has 1 atom stereocenters. The third-order valence-corrected chi connectivity index (χ3v) is 4.23. The summed E-state index contributed by atoms with van der Waals surface area (Å²) in [5.41, 5.74) is -1.38. The molecule has 0 spiro atoms. The van der Waals surface area contributed by atoms with Crippen molar-refractivity contribution in [3.05, 3.63) is 62.1 Å². The summed E-state index contributed by atoms with van der Waals surface area (Å²) in [4.78, 5) is 22.1. The van der Waals surface area contributed by atoms with Crippen LogP contribution in [0.1, 0.15) is 24.1 Å². The normalized spacial score (nSPS) is 12.8. The average molecular weight is 432 g/mol. The largest absolute Gasteiger partial charge is 0.416 e. The van der Waals surface area contributed by atoms with Crippen LogP contribution in [0.15, 0.2) is 30.5 Å². The maximum atomic E-state index is 13.1. The van der Waals surface area contributed by atoms with E-state index >= 15 is 0 Å². The summed E-state index contributed by atoms with van der Waals surface area (Å²) in [7, 11) is 0. The van der Waals surface area contributed by atoms with Crippen molar-refractivity contribution in [1.29, 1.82) is 0 Å². The number of hydrogen-bond donors (Lipinski definition) is 1. The maximum Gasteiger partial charge on any atom is 0.416 e. The van der Waals surface area contributed by atoms with Crippen molar-refractivity contribution in [2.75, 3.05) is 5.32 Å². The van der Waals surface area contributed by atoms with E-state index in [0.717, 1.165) is 12.1 Å². The minimum atomic E-state index is -4.73. The number of alkyl halides is 3. The second-order valence-electron chi connectivity index (χ2n) is 5.80. The molecule has 3 rings (SSSR count). The first kappa shape index (κ1) is 20.0. The zero-order valence-electron chi connectivity index (χ0n) is 14.0. The Bertz CT molecular complexity index is 1080. The Labute approximate surface area is 165 Å². The van der Waals surface area contributed by atoms with Crippen LogP contribution in [0.5, 0.6) is 0 Å². The van der Waals surface area contributed by atoms with Gasteiger partial charge in [-0.05, 0) is 36.2 Å². The molecule has 0 fully saturated rings. The Hall–Kier alpha value is -2.72. The van der Waals surface area contributed by atoms with Crippen molar-refractivity contribution in [2.24, 2.45) is 0 Å². The van der Waals surface area contributed by atoms with Gasteiger partial charge in [-0.2, -0.15) is 13.2 Å². The van der Waals surface area contributed by atoms with Crippen LogP contribution in [0.2, 0.25) is 10.4 Å². The summed E-state index contributed by atoms with van der Waals surface area (Å²) in [5.74, 6) is 0.201. The van der Waals surface area contributed by atoms with Crippen molar-refractivity contribution < 1.29 is 18.1 Å². The van der Waals surface area contributed by atoms with Gasteiger partial charge >= 0.3 is 6.18 Å². The van der Waals surface area contributed by atoms with Crippen molar-refractivity contribution in [2.45, 2.75) is 19.1 Å². The lowest BCUT2D eigenvalue weighted by atomic mass is 10.0. The van der Waals surface area contributed by atoms with E-state index in [2.05, 4.69) is 20.3 Å². The van der Waals surface area contributed by atoms with Crippen molar-refractivity contribution >= 4 is 45.6 Å². The van der Waals surface area contributed by atoms with E-state index < -0.39 is 28.4 Å². The van der Waals surface area contributed by atoms with Gasteiger partial charge in [0.25, 0.3) is 5.69 Å². The summed E-state index contributed by atoms with van der Waals surface area (Å²) in [6.45, 7) is 1.53. The number of anilines is 1. The predicted octanol–water partition coefficient (Wildman–Crippen LogP) is 5.43. The minimum Gasteiger partial charge on any atom is -0.363 e. The molecule has 0 saturated heterocycles. The highest BCUT2D eigenvalue weighted by Gasteiger charge is 2.33. The second-order valence-corrected chi connectivity index (χ2v) is 6.52. The van der Waals surface area contributed by atoms with E-state index in [4.69, 9.17) is 23.2 Å². The van der Waals surface area contributed by atoms with E-state index in [0.29, 0.717) is 17.0 Å². The number of nitrogens with zero attached hydrogens (tertiary/aromatic N) is 4. The molecule has 0 amide bonds. The number of fused-ring (bicyclic) bond motifs is 1. The van der Waals surface area contributed by atoms with Gasteiger partial charge in [0.2, 0.25) is 5.28 Å². The molecule has 7 nitrogen and oxygen atoms in total. The van der Waals surface area contributed by atoms with Crippen LogP contribution in [0.4, 0.5) is 24.7 Å². The van der Waals surface area contributed by atoms with Crippen LogP contribution in [-0.2, 0) is 6.18 Å². The first-order valence-corrected chi connectivity index (χ1v) is 8.42. The molecule has 28 heavy (non-hydrogen) atoms. The highest BCUT2D eigenvalue weighted by atomic mass is 35.5. The van der Waals surface area contributed by atoms with Gasteiger partial charge in [0, 0.05) is 17.5 Å². The number of nitro groups is 1. The Morgan fingerprint density at radius 3 is 2.54 bits per heavy atom. The van der Waals surface area contributed by atoms with Gasteiger partial charge in [-0.3, -0.25) is 10.1 Å². The van der Waals surface area contributed by atoms with E-state index in [-0.39, 0.29) is 21.8 Å². The number of nitro benzene ring substituents is 1. The number of rotatable bonds is 4. The van der Waals surface area contributed by atoms with Crippen LogP contribution in [0.3, 0.4) is 0 Å². The van der Waals surface area contributed by atoms with Crippen molar-refractivity contribution in [3.63, 3.8) is 0 Å². The number of pyridine rings is 1. The van der Waals surface area contributed by atoms with Gasteiger partial charge < -0.3 is 5.32 Å². The third-order valence-electron chi connectivity index (χ3n) is 3.85. The summed E-state index contributed by atoms with van der Waals surface area (Å²) in [6, 6.07) is 3.08. The standard InChI is InChI=1S/C16H10Cl2F3N5O2/c1-7(8-2-9(16(19,20)21)4-10(3-8)26(27)28)23-14-11-5-13(17)22-6-12(11)24-15(18)25-14/h2-7H,1H3,(H,23,24,25)/t7-/m1/s1. The van der Waals surface area contributed by atoms with Gasteiger partial charge in [0.1, 0.15) is 11.0 Å². The SMILES string of the molecule is C[C@@H](Nc1nc(Cl)nc2cnc(Cl)cc12)c1cc([N+](=O)[O-])cc(C(F)(F)F)c1. The molecule has 0 aliphatic carbocycles. The summed E-state index contributed by atoms with van der Waals surface area (Å²) in [5, 5.41) is 14.4. The number of benzene rings is 1. The Morgan fingerprint density at radius 1 is 1.18 bits per heavy atom. The van der Waals surface area contributed by atoms with Gasteiger partial charge in [0.05, 0.1) is 28.2 Å². The topological polar surface area (TPSA) is 93.8 Å². The van der Waals surface area contributed by atoms with Crippen molar-refractivity contribution in [1.82, 2.24) is 15.0 Å². The molecular formula is C16H10Cl2F3N5O2. The van der Waals surface area contributed by atoms with E-state index in [1.165, 1.54) is 19.2 Å². The van der Waals surface area contributed by atoms with Crippen molar-refractivity contribution in [3.8, 4) is 0 Å². The first-order valence-electron chi connectivity index (χ1n) is 7.66. The molecular weight excluding hydrogens is 422 g/mol. The summed E-state index contributed by atoms with van der Waals surface area (Å²) >= 11 is 11.8. The lowest BCUT2D eigenvalue weighted by Crippen LogP contribution is -2.12. The fourth-order valence-corrected chi connectivity index (χ4v) is 2.86. The lowest BCUT2D eigenvalue weighted by molar-refractivity contribution is -0.385. The quantitative estimate of drug-likeness (QED) is 0.256. The van der Waals surface area contributed by atoms with Gasteiger partial charge in [-0.1, -0.05) is 11.6 Å². The smallest absolute Gasteiger partial charge is 0.363 e. The number of halogens is 5. The highest BCUT2D eigenvalue weighted by Crippen LogP contribution is 2.35. The zero-order chi connectivity index (χ0) is 20.6. The molecule has 0 aliphatic heterocycles. The molecule has 3 aromatic rings. The average Bonchev–Trinajstić information content (AvgIpc) is 2.61. The monoisotopic (exact) mass is 431 g/mol. The molecule has 1 N–H and O–H groups in total. The molecule has 1 aromatic carbocycles. The van der Waals surface area contributed by atoms with Crippen LogP contribution in [0, 0.1) is 10.1 Å². The lowest BCUT2D eigenvalue weighted by Gasteiger charge is -2.18. The molecule has 0 bridgehead atoms. The van der Waals surface area contributed by atoms with E-state index in [9.17, 15) is 23.3 Å². The molecule has 0 aliphatic rings. The first-order chi connectivity index (χ1) is 13.0. The Balaban J connectivity index is 2.05. The van der Waals surface area contributed by atoms with Crippen LogP contribution in [-0.4, -0.2) is 19.9 Å². The minimum absolute atomic E-state index is 0.0459. The van der Waals surface area contributed by atoms with E-state index in [1.807, 2.05) is 0 Å². The third kappa shape index (κ3) is 4.23. The number of aromatic nitrogens is 3. The molecule has 0 radical (unpaired) electrons. The Morgan fingerprint density at radius 2 is 1.89 bits per heavy atom. The fraction of sp³-hybridized carbons (Fsp3) is 0.188. The van der Waals surface area contributed by atoms with Crippen LogP contribution < -0.4 is 5.32 Å². The van der Waals surface area contributed by atoms with Crippen LogP contribution >= 0.6 is 23.2 Å². The molecule has 0 unspecified atom stereocenters. The maximum absolute atomic E-state index is 13.1. The predicted molar refractivity (Wildman–Crippen MR) is 97.5 cm³/mol. The molecule has 2 aromatic heterocycles. The Kier molecular flexibility index (Phi) is 5.26. The fourth-order valence-electron chi connectivity index (χ4n) is 2.53. The van der Waals surface area contributed by atoms with E-state index in [1.54, 1.807) is 0 Å². The van der Waals surface area contributed by atoms with Crippen LogP contribution in [0.25, 0.3) is 10.9 Å². The summed E-state index contributed by atoms with van der Waals surface area (Å²) < 4.78 is 39.3. The van der Waals surface area contributed by atoms with Gasteiger partial charge in [-0.15, -0.1) is 0 Å². The molecule has 2 heterocycles. The second kappa shape index (κ2) is 7.36. The van der Waals surface area contributed by atoms with Gasteiger partial charge in [0.15, 0.2) is 0 Å². The number of non-ortho nitro benzene ring substituents is 1.